The van der Waals surface area contributed by atoms with Gasteiger partial charge in [-0.1, -0.05) is 0 Å². The van der Waals surface area contributed by atoms with Gasteiger partial charge in [0.1, 0.15) is 5.76 Å². The predicted molar refractivity (Wildman–Crippen MR) is 91.7 cm³/mol. The number of amides is 1. The number of aromatic nitrogens is 2. The zero-order valence-corrected chi connectivity index (χ0v) is 14.7. The van der Waals surface area contributed by atoms with E-state index in [2.05, 4.69) is 15.3 Å². The van der Waals surface area contributed by atoms with E-state index in [1.165, 1.54) is 12.8 Å². The number of hydrogen-bond donors (Lipinski definition) is 1. The van der Waals surface area contributed by atoms with Crippen LogP contribution in [0.5, 0.6) is 0 Å². The molecule has 24 heavy (non-hydrogen) atoms. The van der Waals surface area contributed by atoms with Gasteiger partial charge in [-0.15, -0.1) is 0 Å². The Labute approximate surface area is 142 Å². The Morgan fingerprint density at radius 3 is 2.79 bits per heavy atom. The highest BCUT2D eigenvalue weighted by Crippen LogP contribution is 2.18. The van der Waals surface area contributed by atoms with Gasteiger partial charge in [-0.2, -0.15) is 5.10 Å². The van der Waals surface area contributed by atoms with Gasteiger partial charge < -0.3 is 9.73 Å². The molecule has 6 nitrogen and oxygen atoms in total. The third kappa shape index (κ3) is 3.70. The van der Waals surface area contributed by atoms with E-state index in [0.29, 0.717) is 5.76 Å². The largest absolute Gasteiger partial charge is 0.455 e. The Morgan fingerprint density at radius 2 is 2.12 bits per heavy atom. The lowest BCUT2D eigenvalue weighted by Gasteiger charge is -2.13. The molecule has 1 saturated heterocycles. The van der Waals surface area contributed by atoms with E-state index in [4.69, 9.17) is 4.42 Å². The summed E-state index contributed by atoms with van der Waals surface area (Å²) in [7, 11) is 0. The van der Waals surface area contributed by atoms with Gasteiger partial charge in [-0.05, 0) is 58.8 Å². The second kappa shape index (κ2) is 7.21. The SMILES string of the molecule is CCn1cc(C(C)NC(=O)c2ccc(CN3CCCC3)o2)c(C)n1. The van der Waals surface area contributed by atoms with Crippen molar-refractivity contribution in [3.05, 3.63) is 41.1 Å². The molecule has 0 saturated carbocycles. The zero-order valence-electron chi connectivity index (χ0n) is 14.7. The molecule has 1 aliphatic rings. The topological polar surface area (TPSA) is 63.3 Å². The highest BCUT2D eigenvalue weighted by Gasteiger charge is 2.19. The Kier molecular flexibility index (Phi) is 5.04. The number of rotatable bonds is 6. The Morgan fingerprint density at radius 1 is 1.38 bits per heavy atom. The first-order valence-corrected chi connectivity index (χ1v) is 8.72. The van der Waals surface area contributed by atoms with Crippen LogP contribution in [0, 0.1) is 6.92 Å². The standard InChI is InChI=1S/C18H26N4O2/c1-4-22-12-16(14(3)20-22)13(2)19-18(23)17-8-7-15(24-17)11-21-9-5-6-10-21/h7-8,12-13H,4-6,9-11H2,1-3H3,(H,19,23). The Hall–Kier alpha value is -2.08. The molecule has 1 unspecified atom stereocenters. The lowest BCUT2D eigenvalue weighted by molar-refractivity contribution is 0.0908. The highest BCUT2D eigenvalue weighted by atomic mass is 16.4. The summed E-state index contributed by atoms with van der Waals surface area (Å²) < 4.78 is 7.61. The average molecular weight is 330 g/mol. The van der Waals surface area contributed by atoms with Crippen molar-refractivity contribution < 1.29 is 9.21 Å². The fraction of sp³-hybridized carbons (Fsp3) is 0.556. The summed E-state index contributed by atoms with van der Waals surface area (Å²) in [6, 6.07) is 3.55. The Bertz CT molecular complexity index is 698. The Balaban J connectivity index is 1.61. The summed E-state index contributed by atoms with van der Waals surface area (Å²) in [5.74, 6) is 1.04. The molecule has 6 heteroatoms. The number of nitrogens with one attached hydrogen (secondary N) is 1. The molecule has 0 aromatic carbocycles. The number of likely N-dealkylation sites (tertiary alicyclic amines) is 1. The molecular weight excluding hydrogens is 304 g/mol. The van der Waals surface area contributed by atoms with Gasteiger partial charge in [-0.3, -0.25) is 14.4 Å². The second-order valence-electron chi connectivity index (χ2n) is 6.47. The monoisotopic (exact) mass is 330 g/mol. The van der Waals surface area contributed by atoms with E-state index >= 15 is 0 Å². The molecule has 2 aromatic rings. The summed E-state index contributed by atoms with van der Waals surface area (Å²) >= 11 is 0. The summed E-state index contributed by atoms with van der Waals surface area (Å²) in [4.78, 5) is 14.8. The number of carbonyl (C=O) groups is 1. The number of carbonyl (C=O) groups excluding carboxylic acids is 1. The number of hydrogen-bond acceptors (Lipinski definition) is 4. The molecule has 130 valence electrons. The van der Waals surface area contributed by atoms with Gasteiger partial charge in [0, 0.05) is 18.3 Å². The van der Waals surface area contributed by atoms with Crippen molar-refractivity contribution in [1.29, 1.82) is 0 Å². The first kappa shape index (κ1) is 16.8. The number of aryl methyl sites for hydroxylation is 2. The summed E-state index contributed by atoms with van der Waals surface area (Å²) in [6.45, 7) is 9.80. The van der Waals surface area contributed by atoms with Crippen molar-refractivity contribution in [3.63, 3.8) is 0 Å². The van der Waals surface area contributed by atoms with Crippen LogP contribution >= 0.6 is 0 Å². The van der Waals surface area contributed by atoms with Gasteiger partial charge in [0.2, 0.25) is 0 Å². The molecule has 0 aliphatic carbocycles. The van der Waals surface area contributed by atoms with Crippen LogP contribution in [0.3, 0.4) is 0 Å². The van der Waals surface area contributed by atoms with Crippen LogP contribution in [0.15, 0.2) is 22.7 Å². The van der Waals surface area contributed by atoms with Crippen LogP contribution < -0.4 is 5.32 Å². The number of nitrogens with zero attached hydrogens (tertiary/aromatic N) is 3. The minimum atomic E-state index is -0.182. The molecule has 0 radical (unpaired) electrons. The van der Waals surface area contributed by atoms with Gasteiger partial charge >= 0.3 is 0 Å². The van der Waals surface area contributed by atoms with Crippen LogP contribution in [-0.4, -0.2) is 33.7 Å². The fourth-order valence-electron chi connectivity index (χ4n) is 3.21. The van der Waals surface area contributed by atoms with E-state index in [1.54, 1.807) is 6.07 Å². The maximum atomic E-state index is 12.4. The lowest BCUT2D eigenvalue weighted by atomic mass is 10.1. The summed E-state index contributed by atoms with van der Waals surface area (Å²) in [6.07, 6.45) is 4.48. The molecule has 1 aliphatic heterocycles. The normalized spacial score (nSPS) is 16.5. The molecule has 3 rings (SSSR count). The van der Waals surface area contributed by atoms with Crippen LogP contribution in [0.25, 0.3) is 0 Å². The molecule has 3 heterocycles. The quantitative estimate of drug-likeness (QED) is 0.884. The highest BCUT2D eigenvalue weighted by molar-refractivity contribution is 5.91. The smallest absolute Gasteiger partial charge is 0.287 e. The van der Waals surface area contributed by atoms with Crippen LogP contribution in [-0.2, 0) is 13.1 Å². The molecule has 1 fully saturated rings. The van der Waals surface area contributed by atoms with E-state index in [0.717, 1.165) is 43.2 Å². The summed E-state index contributed by atoms with van der Waals surface area (Å²) in [5, 5.41) is 7.43. The van der Waals surface area contributed by atoms with E-state index in [1.807, 2.05) is 37.7 Å². The molecule has 1 N–H and O–H groups in total. The zero-order chi connectivity index (χ0) is 17.1. The van der Waals surface area contributed by atoms with Crippen molar-refractivity contribution in [2.45, 2.75) is 52.7 Å². The van der Waals surface area contributed by atoms with Gasteiger partial charge in [0.25, 0.3) is 5.91 Å². The third-order valence-electron chi connectivity index (χ3n) is 4.59. The molecule has 0 spiro atoms. The van der Waals surface area contributed by atoms with E-state index in [-0.39, 0.29) is 11.9 Å². The van der Waals surface area contributed by atoms with Crippen molar-refractivity contribution in [1.82, 2.24) is 20.0 Å². The van der Waals surface area contributed by atoms with E-state index in [9.17, 15) is 4.79 Å². The molecular formula is C18H26N4O2. The molecule has 1 atom stereocenters. The van der Waals surface area contributed by atoms with E-state index < -0.39 is 0 Å². The molecule has 0 bridgehead atoms. The van der Waals surface area contributed by atoms with Crippen molar-refractivity contribution in [2.24, 2.45) is 0 Å². The average Bonchev–Trinajstić information content (AvgIpc) is 3.28. The predicted octanol–water partition coefficient (Wildman–Crippen LogP) is 2.89. The minimum absolute atomic E-state index is 0.107. The first-order chi connectivity index (χ1) is 11.6. The van der Waals surface area contributed by atoms with Gasteiger partial charge in [0.15, 0.2) is 5.76 Å². The second-order valence-corrected chi connectivity index (χ2v) is 6.47. The number of furan rings is 1. The van der Waals surface area contributed by atoms with Crippen LogP contribution in [0.2, 0.25) is 0 Å². The third-order valence-corrected chi connectivity index (χ3v) is 4.59. The first-order valence-electron chi connectivity index (χ1n) is 8.72. The van der Waals surface area contributed by atoms with Gasteiger partial charge in [0.05, 0.1) is 18.3 Å². The van der Waals surface area contributed by atoms with Gasteiger partial charge in [-0.25, -0.2) is 0 Å². The van der Waals surface area contributed by atoms with Crippen molar-refractivity contribution in [2.75, 3.05) is 13.1 Å². The molecule has 1 amide bonds. The van der Waals surface area contributed by atoms with Crippen LogP contribution in [0.1, 0.15) is 60.3 Å². The lowest BCUT2D eigenvalue weighted by Crippen LogP contribution is -2.26. The van der Waals surface area contributed by atoms with Crippen molar-refractivity contribution in [3.8, 4) is 0 Å². The van der Waals surface area contributed by atoms with Crippen molar-refractivity contribution >= 4 is 5.91 Å². The fourth-order valence-corrected chi connectivity index (χ4v) is 3.21. The maximum absolute atomic E-state index is 12.4. The minimum Gasteiger partial charge on any atom is -0.455 e. The molecule has 2 aromatic heterocycles. The summed E-state index contributed by atoms with van der Waals surface area (Å²) in [5.41, 5.74) is 1.98. The maximum Gasteiger partial charge on any atom is 0.287 e. The van der Waals surface area contributed by atoms with Crippen LogP contribution in [0.4, 0.5) is 0 Å².